The van der Waals surface area contributed by atoms with Crippen LogP contribution < -0.4 is 9.47 Å². The van der Waals surface area contributed by atoms with Gasteiger partial charge < -0.3 is 19.3 Å². The largest absolute Gasteiger partial charge is 0.497 e. The first kappa shape index (κ1) is 23.1. The number of hydrogen-bond donors (Lipinski definition) is 0. The lowest BCUT2D eigenvalue weighted by Crippen LogP contribution is -2.48. The molecule has 0 N–H and O–H groups in total. The van der Waals surface area contributed by atoms with Crippen molar-refractivity contribution in [2.24, 2.45) is 5.92 Å². The maximum atomic E-state index is 13.3. The van der Waals surface area contributed by atoms with Crippen molar-refractivity contribution in [2.75, 3.05) is 33.4 Å². The first-order valence-corrected chi connectivity index (χ1v) is 11.7. The Morgan fingerprint density at radius 2 is 2.03 bits per heavy atom. The number of methoxy groups -OCH3 is 1. The van der Waals surface area contributed by atoms with Crippen molar-refractivity contribution < 1.29 is 19.1 Å². The van der Waals surface area contributed by atoms with Crippen LogP contribution in [0.15, 0.2) is 35.7 Å². The van der Waals surface area contributed by atoms with Crippen LogP contribution in [0, 0.1) is 5.92 Å². The Morgan fingerprint density at radius 3 is 2.74 bits per heavy atom. The number of nitrogens with zero attached hydrogens (tertiary/aromatic N) is 2. The molecule has 0 radical (unpaired) electrons. The lowest BCUT2D eigenvalue weighted by atomic mass is 10.00. The molecule has 2 amide bonds. The molecule has 0 saturated carbocycles. The van der Waals surface area contributed by atoms with Crippen LogP contribution in [-0.2, 0) is 16.0 Å². The number of carbonyl (C=O) groups is 2. The fourth-order valence-electron chi connectivity index (χ4n) is 3.91. The minimum absolute atomic E-state index is 0.0134. The molecule has 2 aromatic rings. The molecule has 0 saturated heterocycles. The van der Waals surface area contributed by atoms with Crippen molar-refractivity contribution >= 4 is 23.2 Å². The Labute approximate surface area is 188 Å². The summed E-state index contributed by atoms with van der Waals surface area (Å²) in [4.78, 5) is 30.6. The zero-order chi connectivity index (χ0) is 22.4. The van der Waals surface area contributed by atoms with Gasteiger partial charge in [-0.2, -0.15) is 0 Å². The normalized spacial score (nSPS) is 15.5. The quantitative estimate of drug-likeness (QED) is 0.583. The monoisotopic (exact) mass is 444 g/mol. The van der Waals surface area contributed by atoms with Gasteiger partial charge in [-0.25, -0.2) is 0 Å². The Morgan fingerprint density at radius 1 is 1.26 bits per heavy atom. The van der Waals surface area contributed by atoms with Crippen molar-refractivity contribution in [1.82, 2.24) is 9.80 Å². The van der Waals surface area contributed by atoms with Crippen molar-refractivity contribution in [3.63, 3.8) is 0 Å². The third kappa shape index (κ3) is 5.79. The number of hydrogen-bond acceptors (Lipinski definition) is 5. The number of rotatable bonds is 9. The number of carbonyl (C=O) groups excluding carboxylic acids is 2. The molecule has 3 rings (SSSR count). The number of benzene rings is 1. The van der Waals surface area contributed by atoms with Gasteiger partial charge in [0.05, 0.1) is 19.7 Å². The van der Waals surface area contributed by atoms with E-state index in [2.05, 4.69) is 25.3 Å². The van der Waals surface area contributed by atoms with Crippen molar-refractivity contribution in [1.29, 1.82) is 0 Å². The standard InChI is InChI=1S/C24H32N2O4S/c1-5-23(27)25(14-17(2)3)15-24(28)26-11-9-22-20(10-12-31-22)21(26)16-30-19-8-6-7-18(13-19)29-4/h6-8,10,12-13,17,21H,5,9,11,14-16H2,1-4H3/t21-/m1/s1. The van der Waals surface area contributed by atoms with Gasteiger partial charge in [-0.3, -0.25) is 9.59 Å². The zero-order valence-corrected chi connectivity index (χ0v) is 19.6. The van der Waals surface area contributed by atoms with E-state index < -0.39 is 0 Å². The highest BCUT2D eigenvalue weighted by Gasteiger charge is 2.33. The molecule has 168 valence electrons. The molecule has 31 heavy (non-hydrogen) atoms. The predicted molar refractivity (Wildman–Crippen MR) is 123 cm³/mol. The Balaban J connectivity index is 1.77. The van der Waals surface area contributed by atoms with Crippen LogP contribution in [0.5, 0.6) is 11.5 Å². The number of thiophene rings is 1. The number of amides is 2. The molecule has 7 heteroatoms. The lowest BCUT2D eigenvalue weighted by Gasteiger charge is -2.37. The maximum absolute atomic E-state index is 13.3. The van der Waals surface area contributed by atoms with E-state index in [-0.39, 0.29) is 24.4 Å². The summed E-state index contributed by atoms with van der Waals surface area (Å²) in [5.74, 6) is 1.72. The molecule has 0 aliphatic carbocycles. The Bertz CT molecular complexity index is 895. The predicted octanol–water partition coefficient (Wildman–Crippen LogP) is 4.16. The fraction of sp³-hybridized carbons (Fsp3) is 0.500. The molecule has 1 aliphatic heterocycles. The van der Waals surface area contributed by atoms with Gasteiger partial charge in [0.1, 0.15) is 18.1 Å². The summed E-state index contributed by atoms with van der Waals surface area (Å²) in [5.41, 5.74) is 1.14. The second-order valence-electron chi connectivity index (χ2n) is 8.16. The van der Waals surface area contributed by atoms with Gasteiger partial charge in [0.2, 0.25) is 11.8 Å². The summed E-state index contributed by atoms with van der Waals surface area (Å²) in [6, 6.07) is 9.39. The van der Waals surface area contributed by atoms with Gasteiger partial charge >= 0.3 is 0 Å². The van der Waals surface area contributed by atoms with E-state index in [0.29, 0.717) is 37.8 Å². The van der Waals surface area contributed by atoms with Gasteiger partial charge in [-0.05, 0) is 41.5 Å². The summed E-state index contributed by atoms with van der Waals surface area (Å²) in [6.07, 6.45) is 1.23. The molecule has 0 unspecified atom stereocenters. The molecule has 0 spiro atoms. The Kier molecular flexibility index (Phi) is 7.96. The third-order valence-corrected chi connectivity index (χ3v) is 6.43. The molecule has 1 atom stereocenters. The maximum Gasteiger partial charge on any atom is 0.242 e. The lowest BCUT2D eigenvalue weighted by molar-refractivity contribution is -0.143. The molecule has 6 nitrogen and oxygen atoms in total. The zero-order valence-electron chi connectivity index (χ0n) is 18.8. The average Bonchev–Trinajstić information content (AvgIpc) is 3.25. The van der Waals surface area contributed by atoms with Crippen LogP contribution in [-0.4, -0.2) is 55.0 Å². The molecule has 0 fully saturated rings. The van der Waals surface area contributed by atoms with Crippen LogP contribution >= 0.6 is 11.3 Å². The molecular formula is C24H32N2O4S. The van der Waals surface area contributed by atoms with Gasteiger partial charge in [0, 0.05) is 30.5 Å². The SMILES string of the molecule is CCC(=O)N(CC(=O)N1CCc2sccc2[C@H]1COc1cccc(OC)c1)CC(C)C. The first-order valence-electron chi connectivity index (χ1n) is 10.8. The van der Waals surface area contributed by atoms with E-state index in [0.717, 1.165) is 17.7 Å². The topological polar surface area (TPSA) is 59.1 Å². The highest BCUT2D eigenvalue weighted by Crippen LogP contribution is 2.34. The summed E-state index contributed by atoms with van der Waals surface area (Å²) >= 11 is 1.72. The summed E-state index contributed by atoms with van der Waals surface area (Å²) < 4.78 is 11.4. The Hall–Kier alpha value is -2.54. The highest BCUT2D eigenvalue weighted by atomic mass is 32.1. The molecule has 2 heterocycles. The van der Waals surface area contributed by atoms with Crippen LogP contribution in [0.25, 0.3) is 0 Å². The van der Waals surface area contributed by atoms with Crippen LogP contribution in [0.3, 0.4) is 0 Å². The smallest absolute Gasteiger partial charge is 0.242 e. The molecule has 1 aromatic carbocycles. The van der Waals surface area contributed by atoms with E-state index in [1.807, 2.05) is 36.1 Å². The second kappa shape index (κ2) is 10.7. The van der Waals surface area contributed by atoms with E-state index in [4.69, 9.17) is 9.47 Å². The fourth-order valence-corrected chi connectivity index (χ4v) is 4.84. The average molecular weight is 445 g/mol. The van der Waals surface area contributed by atoms with Crippen LogP contribution in [0.2, 0.25) is 0 Å². The summed E-state index contributed by atoms with van der Waals surface area (Å²) in [7, 11) is 1.62. The van der Waals surface area contributed by atoms with E-state index >= 15 is 0 Å². The second-order valence-corrected chi connectivity index (χ2v) is 9.16. The molecule has 0 bridgehead atoms. The number of fused-ring (bicyclic) bond motifs is 1. The third-order valence-electron chi connectivity index (χ3n) is 5.43. The summed E-state index contributed by atoms with van der Waals surface area (Å²) in [5, 5.41) is 2.07. The number of ether oxygens (including phenoxy) is 2. The molecular weight excluding hydrogens is 412 g/mol. The van der Waals surface area contributed by atoms with Gasteiger partial charge in [0.25, 0.3) is 0 Å². The summed E-state index contributed by atoms with van der Waals surface area (Å²) in [6.45, 7) is 7.64. The van der Waals surface area contributed by atoms with Crippen molar-refractivity contribution in [3.8, 4) is 11.5 Å². The van der Waals surface area contributed by atoms with E-state index in [1.54, 1.807) is 23.3 Å². The highest BCUT2D eigenvalue weighted by molar-refractivity contribution is 7.10. The van der Waals surface area contributed by atoms with Crippen molar-refractivity contribution in [3.05, 3.63) is 46.2 Å². The van der Waals surface area contributed by atoms with E-state index in [9.17, 15) is 9.59 Å². The van der Waals surface area contributed by atoms with Gasteiger partial charge in [-0.15, -0.1) is 11.3 Å². The van der Waals surface area contributed by atoms with Gasteiger partial charge in [0.15, 0.2) is 0 Å². The van der Waals surface area contributed by atoms with E-state index in [1.165, 1.54) is 4.88 Å². The van der Waals surface area contributed by atoms with Gasteiger partial charge in [-0.1, -0.05) is 26.8 Å². The van der Waals surface area contributed by atoms with Crippen LogP contribution in [0.1, 0.15) is 43.7 Å². The van der Waals surface area contributed by atoms with Crippen LogP contribution in [0.4, 0.5) is 0 Å². The minimum atomic E-state index is -0.175. The molecule has 1 aromatic heterocycles. The minimum Gasteiger partial charge on any atom is -0.497 e. The first-order chi connectivity index (χ1) is 14.9. The van der Waals surface area contributed by atoms with Crippen molar-refractivity contribution in [2.45, 2.75) is 39.7 Å². The molecule has 1 aliphatic rings.